The van der Waals surface area contributed by atoms with Gasteiger partial charge < -0.3 is 30.3 Å². The number of carboxylic acid groups (broad SMARTS) is 1. The summed E-state index contributed by atoms with van der Waals surface area (Å²) in [7, 11) is -4.74. The van der Waals surface area contributed by atoms with Gasteiger partial charge >= 0.3 is 25.7 Å². The van der Waals surface area contributed by atoms with Gasteiger partial charge in [-0.3, -0.25) is 23.4 Å². The van der Waals surface area contributed by atoms with Crippen molar-refractivity contribution < 1.29 is 52.6 Å². The molecule has 0 radical (unpaired) electrons. The van der Waals surface area contributed by atoms with Crippen LogP contribution in [0.15, 0.2) is 72.9 Å². The topological polar surface area (TPSA) is 192 Å². The van der Waals surface area contributed by atoms with Gasteiger partial charge in [-0.15, -0.1) is 0 Å². The van der Waals surface area contributed by atoms with Crippen LogP contribution in [-0.2, 0) is 37.5 Å². The standard InChI is InChI=1S/C44H74NO11P/c1-3-5-7-8-9-10-11-12-13-14-18-21-24-27-30-34-42(47)53-36-40(37-54-57(51,52)55-38-41(45)44(49)50)56-43(48)35-31-28-25-22-19-16-15-17-20-23-26-29-33-39(46)32-6-4-2/h6,10-11,15-16,20,22-23,25-26,29,32,39-41,46H,3-5,7-9,12-14,17-19,21,24,27-28,30-31,33-38,45H2,1-2H3,(H,49,50)(H,51,52)/b11-10-,16-15-,23-20-,25-22-,29-26+,32-6-/t39?,40-,41+/m1/s1. The molecule has 5 N–H and O–H groups in total. The van der Waals surface area contributed by atoms with Crippen LogP contribution in [0.5, 0.6) is 0 Å². The lowest BCUT2D eigenvalue weighted by Gasteiger charge is -2.20. The van der Waals surface area contributed by atoms with Crippen molar-refractivity contribution in [2.45, 2.75) is 167 Å². The predicted molar refractivity (Wildman–Crippen MR) is 227 cm³/mol. The zero-order valence-electron chi connectivity index (χ0n) is 34.8. The van der Waals surface area contributed by atoms with Crippen LogP contribution in [0.1, 0.15) is 149 Å². The van der Waals surface area contributed by atoms with E-state index in [1.165, 1.54) is 51.4 Å². The minimum Gasteiger partial charge on any atom is -0.480 e. The van der Waals surface area contributed by atoms with Crippen molar-refractivity contribution >= 4 is 25.7 Å². The molecule has 0 amide bonds. The van der Waals surface area contributed by atoms with Crippen molar-refractivity contribution in [3.8, 4) is 0 Å². The number of carbonyl (C=O) groups excluding carboxylic acids is 2. The van der Waals surface area contributed by atoms with Crippen molar-refractivity contribution in [2.75, 3.05) is 19.8 Å². The molecule has 0 heterocycles. The van der Waals surface area contributed by atoms with Crippen molar-refractivity contribution in [1.82, 2.24) is 0 Å². The summed E-state index contributed by atoms with van der Waals surface area (Å²) in [6.45, 7) is 2.47. The van der Waals surface area contributed by atoms with Crippen LogP contribution in [0.2, 0.25) is 0 Å². The molecule has 0 aliphatic rings. The third kappa shape index (κ3) is 38.2. The van der Waals surface area contributed by atoms with E-state index in [9.17, 15) is 28.9 Å². The summed E-state index contributed by atoms with van der Waals surface area (Å²) in [4.78, 5) is 45.9. The Bertz CT molecular complexity index is 1260. The molecule has 0 aromatic carbocycles. The number of aliphatic carboxylic acids is 1. The maximum atomic E-state index is 12.6. The molecule has 326 valence electrons. The van der Waals surface area contributed by atoms with Crippen LogP contribution in [0.25, 0.3) is 0 Å². The average Bonchev–Trinajstić information content (AvgIpc) is 3.18. The summed E-state index contributed by atoms with van der Waals surface area (Å²) in [6.07, 6.45) is 41.7. The van der Waals surface area contributed by atoms with E-state index >= 15 is 0 Å². The molecule has 57 heavy (non-hydrogen) atoms. The number of phosphoric ester groups is 1. The number of carboxylic acids is 1. The fourth-order valence-electron chi connectivity index (χ4n) is 5.17. The SMILES string of the molecule is CC/C=C\C(O)C/C=C/C=C\C/C=C\C/C=C\CCCC(=O)O[C@H](COC(=O)CCCCCCCCC/C=C\CCCCCC)COP(=O)(O)OC[C@H](N)C(=O)O. The summed E-state index contributed by atoms with van der Waals surface area (Å²) < 4.78 is 32.6. The summed E-state index contributed by atoms with van der Waals surface area (Å²) in [6, 6.07) is -1.54. The van der Waals surface area contributed by atoms with Gasteiger partial charge in [0, 0.05) is 12.8 Å². The number of rotatable bonds is 38. The monoisotopic (exact) mass is 823 g/mol. The Morgan fingerprint density at radius 1 is 0.649 bits per heavy atom. The maximum Gasteiger partial charge on any atom is 0.472 e. The fraction of sp³-hybridized carbons (Fsp3) is 0.659. The molecule has 0 aliphatic heterocycles. The van der Waals surface area contributed by atoms with Crippen molar-refractivity contribution in [3.63, 3.8) is 0 Å². The van der Waals surface area contributed by atoms with Crippen molar-refractivity contribution in [2.24, 2.45) is 5.73 Å². The maximum absolute atomic E-state index is 12.6. The van der Waals surface area contributed by atoms with Crippen LogP contribution in [-0.4, -0.2) is 71.1 Å². The molecule has 0 aromatic heterocycles. The third-order valence-corrected chi connectivity index (χ3v) is 9.46. The Morgan fingerprint density at radius 2 is 1.19 bits per heavy atom. The molecular formula is C44H74NO11P. The van der Waals surface area contributed by atoms with Crippen LogP contribution >= 0.6 is 7.82 Å². The van der Waals surface area contributed by atoms with Gasteiger partial charge in [0.15, 0.2) is 6.10 Å². The Morgan fingerprint density at radius 3 is 1.86 bits per heavy atom. The second-order valence-corrected chi connectivity index (χ2v) is 15.4. The summed E-state index contributed by atoms with van der Waals surface area (Å²) in [5.41, 5.74) is 5.32. The van der Waals surface area contributed by atoms with Gasteiger partial charge in [-0.05, 0) is 70.6 Å². The van der Waals surface area contributed by atoms with Gasteiger partial charge in [0.05, 0.1) is 19.3 Å². The molecular weight excluding hydrogens is 749 g/mol. The van der Waals surface area contributed by atoms with Crippen LogP contribution in [0.4, 0.5) is 0 Å². The molecule has 0 saturated carbocycles. The minimum absolute atomic E-state index is 0.0609. The molecule has 0 rings (SSSR count). The molecule has 2 unspecified atom stereocenters. The van der Waals surface area contributed by atoms with Crippen LogP contribution in [0.3, 0.4) is 0 Å². The van der Waals surface area contributed by atoms with Gasteiger partial charge in [0.2, 0.25) is 0 Å². The zero-order valence-corrected chi connectivity index (χ0v) is 35.7. The van der Waals surface area contributed by atoms with E-state index in [1.807, 2.05) is 55.5 Å². The number of carbonyl (C=O) groups is 3. The largest absolute Gasteiger partial charge is 0.480 e. The van der Waals surface area contributed by atoms with Crippen LogP contribution in [0, 0.1) is 0 Å². The van der Waals surface area contributed by atoms with E-state index in [-0.39, 0.29) is 19.4 Å². The molecule has 13 heteroatoms. The number of hydrogen-bond donors (Lipinski definition) is 4. The zero-order chi connectivity index (χ0) is 42.2. The van der Waals surface area contributed by atoms with Gasteiger partial charge in [-0.2, -0.15) is 0 Å². The number of aliphatic hydroxyl groups is 1. The molecule has 0 aliphatic carbocycles. The quantitative estimate of drug-likeness (QED) is 0.0152. The Balaban J connectivity index is 4.54. The molecule has 0 spiro atoms. The van der Waals surface area contributed by atoms with E-state index in [2.05, 4.69) is 29.7 Å². The number of hydrogen-bond acceptors (Lipinski definition) is 10. The number of nitrogens with two attached hydrogens (primary N) is 1. The summed E-state index contributed by atoms with van der Waals surface area (Å²) in [5.74, 6) is -2.50. The minimum atomic E-state index is -4.74. The highest BCUT2D eigenvalue weighted by atomic mass is 31.2. The number of aliphatic hydroxyl groups excluding tert-OH is 1. The first kappa shape index (κ1) is 53.9. The highest BCUT2D eigenvalue weighted by Crippen LogP contribution is 2.43. The van der Waals surface area contributed by atoms with Crippen LogP contribution < -0.4 is 5.73 Å². The van der Waals surface area contributed by atoms with E-state index in [0.29, 0.717) is 25.7 Å². The van der Waals surface area contributed by atoms with E-state index in [1.54, 1.807) is 6.08 Å². The molecule has 0 bridgehead atoms. The smallest absolute Gasteiger partial charge is 0.472 e. The molecule has 0 aromatic rings. The first-order valence-corrected chi connectivity index (χ1v) is 22.6. The number of allylic oxidation sites excluding steroid dienone is 10. The van der Waals surface area contributed by atoms with Gasteiger partial charge in [0.25, 0.3) is 0 Å². The van der Waals surface area contributed by atoms with Crippen molar-refractivity contribution in [1.29, 1.82) is 0 Å². The normalized spacial score (nSPS) is 15.0. The van der Waals surface area contributed by atoms with E-state index < -0.39 is 57.2 Å². The van der Waals surface area contributed by atoms with Gasteiger partial charge in [-0.25, -0.2) is 4.57 Å². The Hall–Kier alpha value is -3.12. The fourth-order valence-corrected chi connectivity index (χ4v) is 5.95. The molecule has 4 atom stereocenters. The summed E-state index contributed by atoms with van der Waals surface area (Å²) >= 11 is 0. The lowest BCUT2D eigenvalue weighted by atomic mass is 10.1. The summed E-state index contributed by atoms with van der Waals surface area (Å²) in [5, 5.41) is 18.6. The predicted octanol–water partition coefficient (Wildman–Crippen LogP) is 9.92. The first-order chi connectivity index (χ1) is 27.5. The third-order valence-electron chi connectivity index (χ3n) is 8.51. The number of esters is 2. The lowest BCUT2D eigenvalue weighted by Crippen LogP contribution is -2.34. The average molecular weight is 824 g/mol. The Labute approximate surface area is 343 Å². The second kappa shape index (κ2) is 38.4. The number of ether oxygens (including phenoxy) is 2. The molecule has 0 saturated heterocycles. The molecule has 0 fully saturated rings. The highest BCUT2D eigenvalue weighted by molar-refractivity contribution is 7.47. The van der Waals surface area contributed by atoms with Gasteiger partial charge in [-0.1, -0.05) is 138 Å². The Kier molecular flexibility index (Phi) is 36.3. The highest BCUT2D eigenvalue weighted by Gasteiger charge is 2.28. The second-order valence-electron chi connectivity index (χ2n) is 13.9. The number of phosphoric acid groups is 1. The van der Waals surface area contributed by atoms with Crippen molar-refractivity contribution in [3.05, 3.63) is 72.9 Å². The van der Waals surface area contributed by atoms with E-state index in [4.69, 9.17) is 24.8 Å². The van der Waals surface area contributed by atoms with E-state index in [0.717, 1.165) is 44.9 Å². The lowest BCUT2D eigenvalue weighted by molar-refractivity contribution is -0.161. The number of unbranched alkanes of at least 4 members (excludes halogenated alkanes) is 12. The van der Waals surface area contributed by atoms with Gasteiger partial charge in [0.1, 0.15) is 12.6 Å². The molecule has 12 nitrogen and oxygen atoms in total. The first-order valence-electron chi connectivity index (χ1n) is 21.1.